The number of nitrogens with zero attached hydrogens (tertiary/aromatic N) is 1. The molecule has 2 atom stereocenters. The highest BCUT2D eigenvalue weighted by molar-refractivity contribution is 5.18. The third-order valence-corrected chi connectivity index (χ3v) is 5.69. The summed E-state index contributed by atoms with van der Waals surface area (Å²) in [6.45, 7) is 8.61. The van der Waals surface area contributed by atoms with E-state index in [0.717, 1.165) is 11.3 Å². The van der Waals surface area contributed by atoms with E-state index in [1.165, 1.54) is 45.1 Å². The summed E-state index contributed by atoms with van der Waals surface area (Å²) in [5, 5.41) is 0. The summed E-state index contributed by atoms with van der Waals surface area (Å²) < 4.78 is 0. The van der Waals surface area contributed by atoms with E-state index >= 15 is 0 Å². The van der Waals surface area contributed by atoms with Crippen LogP contribution < -0.4 is 0 Å². The molecule has 0 N–H and O–H groups in total. The van der Waals surface area contributed by atoms with Crippen molar-refractivity contribution in [2.24, 2.45) is 16.7 Å². The fraction of sp³-hybridized carbons (Fsp3) is 1.00. The fourth-order valence-corrected chi connectivity index (χ4v) is 4.98. The second-order valence-electron chi connectivity index (χ2n) is 7.97. The van der Waals surface area contributed by atoms with Gasteiger partial charge in [0.05, 0.1) is 0 Å². The molecule has 0 amide bonds. The maximum atomic E-state index is 2.72. The van der Waals surface area contributed by atoms with Gasteiger partial charge < -0.3 is 4.90 Å². The zero-order valence-corrected chi connectivity index (χ0v) is 11.5. The van der Waals surface area contributed by atoms with E-state index in [-0.39, 0.29) is 0 Å². The van der Waals surface area contributed by atoms with Gasteiger partial charge in [-0.15, -0.1) is 0 Å². The Kier molecular flexibility index (Phi) is 2.11. The van der Waals surface area contributed by atoms with Crippen LogP contribution in [0.15, 0.2) is 0 Å². The molecule has 3 aliphatic rings. The maximum Gasteiger partial charge on any atom is 0.0245 e. The average Bonchev–Trinajstić information content (AvgIpc) is 2.78. The van der Waals surface area contributed by atoms with Gasteiger partial charge in [0.25, 0.3) is 0 Å². The Labute approximate surface area is 101 Å². The number of hydrogen-bond acceptors (Lipinski definition) is 1. The van der Waals surface area contributed by atoms with E-state index in [9.17, 15) is 0 Å². The molecule has 1 spiro atoms. The molecule has 3 rings (SSSR count). The molecule has 1 aliphatic heterocycles. The third kappa shape index (κ3) is 1.40. The van der Waals surface area contributed by atoms with Crippen LogP contribution in [0.4, 0.5) is 0 Å². The van der Waals surface area contributed by atoms with Crippen LogP contribution in [-0.4, -0.2) is 24.0 Å². The van der Waals surface area contributed by atoms with Crippen LogP contribution in [0.2, 0.25) is 0 Å². The van der Waals surface area contributed by atoms with Gasteiger partial charge in [0.15, 0.2) is 0 Å². The Bertz CT molecular complexity index is 297. The van der Waals surface area contributed by atoms with Crippen LogP contribution in [0.3, 0.4) is 0 Å². The molecular weight excluding hydrogens is 194 g/mol. The average molecular weight is 221 g/mol. The lowest BCUT2D eigenvalue weighted by Gasteiger charge is -2.42. The summed E-state index contributed by atoms with van der Waals surface area (Å²) in [4.78, 5) is 2.72. The van der Waals surface area contributed by atoms with Gasteiger partial charge >= 0.3 is 0 Å². The van der Waals surface area contributed by atoms with Gasteiger partial charge in [-0.1, -0.05) is 20.8 Å². The van der Waals surface area contributed by atoms with Crippen molar-refractivity contribution in [3.63, 3.8) is 0 Å². The van der Waals surface area contributed by atoms with Gasteiger partial charge in [0.2, 0.25) is 0 Å². The molecule has 1 heterocycles. The second-order valence-corrected chi connectivity index (χ2v) is 7.97. The molecular formula is C15H27N. The molecule has 0 radical (unpaired) electrons. The molecule has 0 aromatic heterocycles. The van der Waals surface area contributed by atoms with Crippen LogP contribution in [0.1, 0.15) is 59.3 Å². The lowest BCUT2D eigenvalue weighted by Crippen LogP contribution is -2.46. The molecule has 3 fully saturated rings. The minimum absolute atomic E-state index is 0.483. The number of fused-ring (bicyclic) bond motifs is 2. The lowest BCUT2D eigenvalue weighted by molar-refractivity contribution is 0.0830. The van der Waals surface area contributed by atoms with Crippen LogP contribution in [-0.2, 0) is 0 Å². The van der Waals surface area contributed by atoms with Crippen molar-refractivity contribution in [1.29, 1.82) is 0 Å². The smallest absolute Gasteiger partial charge is 0.0245 e. The minimum Gasteiger partial charge on any atom is -0.300 e. The van der Waals surface area contributed by atoms with Gasteiger partial charge in [-0.2, -0.15) is 0 Å². The Balaban J connectivity index is 1.90. The third-order valence-electron chi connectivity index (χ3n) is 5.69. The van der Waals surface area contributed by atoms with Crippen molar-refractivity contribution in [2.45, 2.75) is 64.8 Å². The standard InChI is InChI=1S/C15H27N/c1-13(2,3)11-15-9-8-14(6-7-14)12(15)5-10-16(15)4/h12H,5-11H2,1-4H3. The van der Waals surface area contributed by atoms with Gasteiger partial charge in [0.1, 0.15) is 0 Å². The van der Waals surface area contributed by atoms with E-state index in [4.69, 9.17) is 0 Å². The van der Waals surface area contributed by atoms with Crippen molar-refractivity contribution < 1.29 is 0 Å². The fourth-order valence-electron chi connectivity index (χ4n) is 4.98. The first-order valence-corrected chi connectivity index (χ1v) is 7.09. The highest BCUT2D eigenvalue weighted by Gasteiger charge is 2.65. The van der Waals surface area contributed by atoms with Crippen molar-refractivity contribution in [1.82, 2.24) is 4.90 Å². The molecule has 0 aromatic rings. The molecule has 2 aliphatic carbocycles. The largest absolute Gasteiger partial charge is 0.300 e. The van der Waals surface area contributed by atoms with E-state index in [0.29, 0.717) is 11.0 Å². The summed E-state index contributed by atoms with van der Waals surface area (Å²) in [6, 6.07) is 0. The second kappa shape index (κ2) is 3.04. The summed E-state index contributed by atoms with van der Waals surface area (Å²) in [5.74, 6) is 1.03. The van der Waals surface area contributed by atoms with E-state index in [1.54, 1.807) is 0 Å². The monoisotopic (exact) mass is 221 g/mol. The van der Waals surface area contributed by atoms with Crippen LogP contribution in [0.25, 0.3) is 0 Å². The summed E-state index contributed by atoms with van der Waals surface area (Å²) >= 11 is 0. The van der Waals surface area contributed by atoms with Gasteiger partial charge in [-0.25, -0.2) is 0 Å². The number of rotatable bonds is 1. The van der Waals surface area contributed by atoms with Crippen molar-refractivity contribution in [3.05, 3.63) is 0 Å². The zero-order valence-electron chi connectivity index (χ0n) is 11.5. The molecule has 92 valence electrons. The Morgan fingerprint density at radius 2 is 1.75 bits per heavy atom. The van der Waals surface area contributed by atoms with Crippen LogP contribution in [0, 0.1) is 16.7 Å². The van der Waals surface area contributed by atoms with E-state index in [2.05, 4.69) is 32.7 Å². The van der Waals surface area contributed by atoms with Crippen molar-refractivity contribution >= 4 is 0 Å². The first-order valence-electron chi connectivity index (χ1n) is 7.09. The molecule has 16 heavy (non-hydrogen) atoms. The predicted octanol–water partition coefficient (Wildman–Crippen LogP) is 3.69. The molecule has 1 saturated heterocycles. The van der Waals surface area contributed by atoms with E-state index in [1.807, 2.05) is 0 Å². The normalized spacial score (nSPS) is 41.6. The maximum absolute atomic E-state index is 2.72. The Hall–Kier alpha value is -0.0400. The molecule has 1 heteroatoms. The molecule has 1 nitrogen and oxygen atoms in total. The van der Waals surface area contributed by atoms with Crippen LogP contribution in [0.5, 0.6) is 0 Å². The SMILES string of the molecule is CN1CCC2C3(CC3)CCC21CC(C)(C)C. The Morgan fingerprint density at radius 1 is 1.12 bits per heavy atom. The van der Waals surface area contributed by atoms with Crippen LogP contribution >= 0.6 is 0 Å². The lowest BCUT2D eigenvalue weighted by atomic mass is 9.72. The number of likely N-dealkylation sites (tertiary alicyclic amines) is 1. The summed E-state index contributed by atoms with van der Waals surface area (Å²) in [7, 11) is 2.38. The van der Waals surface area contributed by atoms with Gasteiger partial charge in [0, 0.05) is 5.54 Å². The molecule has 0 bridgehead atoms. The highest BCUT2D eigenvalue weighted by Crippen LogP contribution is 2.69. The first kappa shape index (κ1) is 11.1. The molecule has 2 saturated carbocycles. The molecule has 0 aromatic carbocycles. The molecule has 2 unspecified atom stereocenters. The highest BCUT2D eigenvalue weighted by atomic mass is 15.2. The number of hydrogen-bond donors (Lipinski definition) is 0. The topological polar surface area (TPSA) is 3.24 Å². The van der Waals surface area contributed by atoms with Crippen molar-refractivity contribution in [2.75, 3.05) is 13.6 Å². The van der Waals surface area contributed by atoms with E-state index < -0.39 is 0 Å². The van der Waals surface area contributed by atoms with Crippen molar-refractivity contribution in [3.8, 4) is 0 Å². The van der Waals surface area contributed by atoms with Gasteiger partial charge in [-0.05, 0) is 68.9 Å². The summed E-state index contributed by atoms with van der Waals surface area (Å²) in [6.07, 6.45) is 8.97. The Morgan fingerprint density at radius 3 is 2.31 bits per heavy atom. The summed E-state index contributed by atoms with van der Waals surface area (Å²) in [5.41, 5.74) is 1.88. The zero-order chi connectivity index (χ0) is 11.6. The van der Waals surface area contributed by atoms with Gasteiger partial charge in [-0.3, -0.25) is 0 Å². The minimum atomic E-state index is 0.483. The predicted molar refractivity (Wildman–Crippen MR) is 68.4 cm³/mol. The quantitative estimate of drug-likeness (QED) is 0.653. The first-order chi connectivity index (χ1) is 7.38.